The van der Waals surface area contributed by atoms with Crippen LogP contribution >= 0.6 is 0 Å². The molecule has 1 atom stereocenters. The van der Waals surface area contributed by atoms with Crippen LogP contribution < -0.4 is 10.3 Å². The summed E-state index contributed by atoms with van der Waals surface area (Å²) in [5.74, 6) is -0.221. The summed E-state index contributed by atoms with van der Waals surface area (Å²) in [5, 5.41) is 0. The van der Waals surface area contributed by atoms with Crippen LogP contribution in [0.3, 0.4) is 0 Å². The van der Waals surface area contributed by atoms with Crippen LogP contribution in [-0.2, 0) is 11.3 Å². The third-order valence-electron chi connectivity index (χ3n) is 4.50. The molecule has 0 aliphatic heterocycles. The molecule has 1 aromatic carbocycles. The Bertz CT molecular complexity index is 889. The molecule has 1 saturated carbocycles. The molecule has 0 saturated heterocycles. The Hall–Kier alpha value is -2.68. The van der Waals surface area contributed by atoms with Crippen LogP contribution in [0.15, 0.2) is 35.1 Å². The number of aromatic amines is 1. The Morgan fingerprint density at radius 2 is 1.96 bits per heavy atom. The molecule has 1 fully saturated rings. The fourth-order valence-electron chi connectivity index (χ4n) is 3.13. The number of carbonyl (C=O) groups excluding carboxylic acids is 1. The van der Waals surface area contributed by atoms with Crippen molar-refractivity contribution in [3.8, 4) is 5.75 Å². The van der Waals surface area contributed by atoms with Crippen molar-refractivity contribution in [3.05, 3.63) is 57.8 Å². The van der Waals surface area contributed by atoms with E-state index in [0.717, 1.165) is 24.5 Å². The zero-order valence-electron chi connectivity index (χ0n) is 15.1. The first-order valence-electron chi connectivity index (χ1n) is 8.73. The van der Waals surface area contributed by atoms with Gasteiger partial charge in [-0.2, -0.15) is 0 Å². The average molecular weight is 396 g/mol. The summed E-state index contributed by atoms with van der Waals surface area (Å²) >= 11 is 0. The lowest BCUT2D eigenvalue weighted by atomic mass is 9.88. The van der Waals surface area contributed by atoms with Crippen molar-refractivity contribution >= 4 is 5.78 Å². The molecule has 0 amide bonds. The second kappa shape index (κ2) is 8.14. The minimum absolute atomic E-state index is 0.0541. The lowest BCUT2D eigenvalue weighted by Crippen LogP contribution is -2.18. The number of aromatic nitrogens is 2. The topological polar surface area (TPSA) is 81.3 Å². The van der Waals surface area contributed by atoms with Crippen molar-refractivity contribution in [1.82, 2.24) is 9.97 Å². The fourth-order valence-corrected chi connectivity index (χ4v) is 3.13. The number of benzene rings is 1. The van der Waals surface area contributed by atoms with Gasteiger partial charge >= 0.3 is 6.36 Å². The largest absolute Gasteiger partial charge is 0.573 e. The number of hydrogen-bond acceptors (Lipinski definition) is 5. The third kappa shape index (κ3) is 5.41. The maximum atomic E-state index is 12.7. The maximum absolute atomic E-state index is 12.7. The zero-order chi connectivity index (χ0) is 20.3. The third-order valence-corrected chi connectivity index (χ3v) is 4.50. The smallest absolute Gasteiger partial charge is 0.406 e. The quantitative estimate of drug-likeness (QED) is 0.690. The van der Waals surface area contributed by atoms with E-state index in [0.29, 0.717) is 0 Å². The molecule has 1 aliphatic carbocycles. The highest BCUT2D eigenvalue weighted by Crippen LogP contribution is 2.45. The molecule has 1 N–H and O–H groups in total. The van der Waals surface area contributed by atoms with Crippen molar-refractivity contribution in [2.24, 2.45) is 5.92 Å². The van der Waals surface area contributed by atoms with Crippen molar-refractivity contribution in [3.63, 3.8) is 0 Å². The number of H-pyrrole nitrogens is 1. The standard InChI is InChI=1S/C19H19F3N2O4/c1-27-10-17-23-15(9-18(26)24-17)16(25)8-14(11-2-3-11)12-4-6-13(7-5-12)28-19(20,21)22/h4-7,9,11,14H,2-3,8,10H2,1H3,(H,23,24,26)/t14-/m1/s1. The summed E-state index contributed by atoms with van der Waals surface area (Å²) in [6, 6.07) is 6.71. The van der Waals surface area contributed by atoms with Gasteiger partial charge in [-0.25, -0.2) is 4.98 Å². The lowest BCUT2D eigenvalue weighted by molar-refractivity contribution is -0.274. The normalized spacial score (nSPS) is 15.3. The highest BCUT2D eigenvalue weighted by atomic mass is 19.4. The SMILES string of the molecule is COCc1nc(C(=O)C[C@@H](c2ccc(OC(F)(F)F)cc2)C2CC2)cc(=O)[nH]1. The summed E-state index contributed by atoms with van der Waals surface area (Å²) < 4.78 is 45.7. The van der Waals surface area contributed by atoms with Gasteiger partial charge in [-0.05, 0) is 42.4 Å². The Morgan fingerprint density at radius 3 is 2.54 bits per heavy atom. The van der Waals surface area contributed by atoms with E-state index >= 15 is 0 Å². The van der Waals surface area contributed by atoms with E-state index in [1.165, 1.54) is 19.2 Å². The number of methoxy groups -OCH3 is 1. The number of nitrogens with zero attached hydrogens (tertiary/aromatic N) is 1. The Morgan fingerprint density at radius 1 is 1.29 bits per heavy atom. The average Bonchev–Trinajstić information content (AvgIpc) is 3.44. The maximum Gasteiger partial charge on any atom is 0.573 e. The van der Waals surface area contributed by atoms with Crippen molar-refractivity contribution < 1.29 is 27.4 Å². The van der Waals surface area contributed by atoms with Crippen molar-refractivity contribution in [2.45, 2.75) is 38.1 Å². The highest BCUT2D eigenvalue weighted by Gasteiger charge is 2.35. The van der Waals surface area contributed by atoms with Gasteiger partial charge in [0.2, 0.25) is 0 Å². The van der Waals surface area contributed by atoms with Crippen LogP contribution in [0.5, 0.6) is 5.75 Å². The van der Waals surface area contributed by atoms with E-state index in [-0.39, 0.29) is 47.9 Å². The predicted molar refractivity (Wildman–Crippen MR) is 93.1 cm³/mol. The summed E-state index contributed by atoms with van der Waals surface area (Å²) in [5.41, 5.74) is 0.368. The summed E-state index contributed by atoms with van der Waals surface area (Å²) in [7, 11) is 1.45. The Labute approximate surface area is 158 Å². The van der Waals surface area contributed by atoms with Gasteiger partial charge < -0.3 is 14.5 Å². The molecule has 28 heavy (non-hydrogen) atoms. The first kappa shape index (κ1) is 20.1. The Balaban J connectivity index is 1.77. The molecule has 0 bridgehead atoms. The van der Waals surface area contributed by atoms with E-state index in [1.807, 2.05) is 0 Å². The summed E-state index contributed by atoms with van der Waals surface area (Å²) in [6.45, 7) is 0.0725. The summed E-state index contributed by atoms with van der Waals surface area (Å²) in [6.07, 6.45) is -2.75. The monoisotopic (exact) mass is 396 g/mol. The lowest BCUT2D eigenvalue weighted by Gasteiger charge is -2.17. The van der Waals surface area contributed by atoms with Crippen LogP contribution in [-0.4, -0.2) is 29.2 Å². The molecule has 0 unspecified atom stereocenters. The van der Waals surface area contributed by atoms with Gasteiger partial charge in [0.15, 0.2) is 5.78 Å². The van der Waals surface area contributed by atoms with Gasteiger partial charge in [0, 0.05) is 19.6 Å². The predicted octanol–water partition coefficient (Wildman–Crippen LogP) is 3.58. The first-order valence-corrected chi connectivity index (χ1v) is 8.73. The number of carbonyl (C=O) groups is 1. The molecule has 1 aliphatic rings. The zero-order valence-corrected chi connectivity index (χ0v) is 15.1. The molecule has 0 radical (unpaired) electrons. The molecule has 6 nitrogen and oxygen atoms in total. The van der Waals surface area contributed by atoms with Crippen LogP contribution in [0.1, 0.15) is 47.1 Å². The van der Waals surface area contributed by atoms with Crippen molar-refractivity contribution in [2.75, 3.05) is 7.11 Å². The van der Waals surface area contributed by atoms with E-state index in [1.54, 1.807) is 12.1 Å². The minimum atomic E-state index is -4.75. The van der Waals surface area contributed by atoms with Gasteiger partial charge in [0.1, 0.15) is 23.9 Å². The second-order valence-corrected chi connectivity index (χ2v) is 6.70. The number of nitrogens with one attached hydrogen (secondary N) is 1. The fraction of sp³-hybridized carbons (Fsp3) is 0.421. The van der Waals surface area contributed by atoms with E-state index in [4.69, 9.17) is 4.74 Å². The van der Waals surface area contributed by atoms with Gasteiger partial charge in [-0.15, -0.1) is 13.2 Å². The molecule has 1 aromatic heterocycles. The number of rotatable bonds is 8. The molecular weight excluding hydrogens is 377 g/mol. The first-order chi connectivity index (χ1) is 13.2. The Kier molecular flexibility index (Phi) is 5.83. The number of alkyl halides is 3. The van der Waals surface area contributed by atoms with Gasteiger partial charge in [0.05, 0.1) is 0 Å². The van der Waals surface area contributed by atoms with E-state index < -0.39 is 11.9 Å². The number of ketones is 1. The van der Waals surface area contributed by atoms with Crippen LogP contribution in [0, 0.1) is 5.92 Å². The number of Topliss-reactive ketones (excluding diaryl/α,β-unsaturated/α-hetero) is 1. The van der Waals surface area contributed by atoms with E-state index in [2.05, 4.69) is 14.7 Å². The highest BCUT2D eigenvalue weighted by molar-refractivity contribution is 5.94. The van der Waals surface area contributed by atoms with Crippen molar-refractivity contribution in [1.29, 1.82) is 0 Å². The molecule has 0 spiro atoms. The van der Waals surface area contributed by atoms with Gasteiger partial charge in [-0.1, -0.05) is 12.1 Å². The van der Waals surface area contributed by atoms with Crippen LogP contribution in [0.4, 0.5) is 13.2 Å². The molecule has 150 valence electrons. The molecule has 2 aromatic rings. The molecule has 1 heterocycles. The summed E-state index contributed by atoms with van der Waals surface area (Å²) in [4.78, 5) is 31.1. The number of ether oxygens (including phenoxy) is 2. The van der Waals surface area contributed by atoms with E-state index in [9.17, 15) is 22.8 Å². The number of halogens is 3. The second-order valence-electron chi connectivity index (χ2n) is 6.70. The number of hydrogen-bond donors (Lipinski definition) is 1. The minimum Gasteiger partial charge on any atom is -0.406 e. The van der Waals surface area contributed by atoms with Crippen LogP contribution in [0.2, 0.25) is 0 Å². The van der Waals surface area contributed by atoms with Gasteiger partial charge in [-0.3, -0.25) is 9.59 Å². The molecular formula is C19H19F3N2O4. The van der Waals surface area contributed by atoms with Gasteiger partial charge in [0.25, 0.3) is 5.56 Å². The molecule has 9 heteroatoms. The molecule has 3 rings (SSSR count). The van der Waals surface area contributed by atoms with Crippen LogP contribution in [0.25, 0.3) is 0 Å².